The zero-order valence-corrected chi connectivity index (χ0v) is 10.4. The molecule has 0 aliphatic rings. The number of hydrogen-bond donors (Lipinski definition) is 2. The van der Waals surface area contributed by atoms with Gasteiger partial charge < -0.3 is 10.6 Å². The fourth-order valence-electron chi connectivity index (χ4n) is 1.78. The van der Waals surface area contributed by atoms with E-state index in [1.807, 2.05) is 30.3 Å². The summed E-state index contributed by atoms with van der Waals surface area (Å²) in [5, 5.41) is 6.98. The number of rotatable bonds is 5. The predicted octanol–water partition coefficient (Wildman–Crippen LogP) is 2.17. The summed E-state index contributed by atoms with van der Waals surface area (Å²) < 4.78 is 0. The number of benzene rings is 1. The number of nitrogens with zero attached hydrogens (tertiary/aromatic N) is 1. The molecular formula is C14H17N3O. The Hall–Kier alpha value is -1.94. The number of anilines is 1. The molecule has 0 spiro atoms. The number of para-hydroxylation sites is 1. The molecule has 1 amide bonds. The van der Waals surface area contributed by atoms with Gasteiger partial charge in [0.15, 0.2) is 0 Å². The van der Waals surface area contributed by atoms with Gasteiger partial charge in [0.2, 0.25) is 5.91 Å². The van der Waals surface area contributed by atoms with Crippen LogP contribution in [0.25, 0.3) is 10.9 Å². The van der Waals surface area contributed by atoms with Crippen LogP contribution in [0.4, 0.5) is 5.69 Å². The average Bonchev–Trinajstić information content (AvgIpc) is 2.39. The van der Waals surface area contributed by atoms with E-state index in [4.69, 9.17) is 0 Å². The van der Waals surface area contributed by atoms with Crippen LogP contribution in [0.15, 0.2) is 36.5 Å². The van der Waals surface area contributed by atoms with Crippen molar-refractivity contribution >= 4 is 22.5 Å². The van der Waals surface area contributed by atoms with Crippen LogP contribution in [0.1, 0.15) is 13.3 Å². The quantitative estimate of drug-likeness (QED) is 0.791. The van der Waals surface area contributed by atoms with Crippen molar-refractivity contribution in [2.45, 2.75) is 13.3 Å². The van der Waals surface area contributed by atoms with Gasteiger partial charge in [-0.25, -0.2) is 0 Å². The first-order valence-electron chi connectivity index (χ1n) is 6.15. The van der Waals surface area contributed by atoms with E-state index in [1.165, 1.54) is 0 Å². The molecule has 18 heavy (non-hydrogen) atoms. The number of hydrogen-bond acceptors (Lipinski definition) is 3. The Labute approximate surface area is 106 Å². The highest BCUT2D eigenvalue weighted by Gasteiger charge is 2.05. The number of carbonyl (C=O) groups excluding carboxylic acids is 1. The lowest BCUT2D eigenvalue weighted by molar-refractivity contribution is -0.115. The Balaban J connectivity index is 2.09. The molecular weight excluding hydrogens is 226 g/mol. The molecule has 0 saturated heterocycles. The van der Waals surface area contributed by atoms with Gasteiger partial charge in [-0.3, -0.25) is 9.78 Å². The second-order valence-corrected chi connectivity index (χ2v) is 4.11. The lowest BCUT2D eigenvalue weighted by Crippen LogP contribution is -2.28. The first kappa shape index (κ1) is 12.5. The summed E-state index contributed by atoms with van der Waals surface area (Å²) in [4.78, 5) is 16.0. The molecule has 0 fully saturated rings. The van der Waals surface area contributed by atoms with Crippen LogP contribution >= 0.6 is 0 Å². The van der Waals surface area contributed by atoms with Crippen LogP contribution in [-0.4, -0.2) is 24.0 Å². The van der Waals surface area contributed by atoms with E-state index < -0.39 is 0 Å². The molecule has 94 valence electrons. The monoisotopic (exact) mass is 243 g/mol. The summed E-state index contributed by atoms with van der Waals surface area (Å²) in [7, 11) is 0. The molecule has 2 rings (SSSR count). The Kier molecular flexibility index (Phi) is 4.25. The number of nitrogens with one attached hydrogen (secondary N) is 2. The molecule has 4 heteroatoms. The summed E-state index contributed by atoms with van der Waals surface area (Å²) in [6.45, 7) is 3.25. The topological polar surface area (TPSA) is 54.0 Å². The molecule has 0 saturated carbocycles. The zero-order valence-electron chi connectivity index (χ0n) is 10.4. The SMILES string of the molecule is CCCNCC(=O)Nc1cccc2cccnc12. The van der Waals surface area contributed by atoms with Crippen molar-refractivity contribution in [1.29, 1.82) is 0 Å². The molecule has 4 nitrogen and oxygen atoms in total. The van der Waals surface area contributed by atoms with Crippen LogP contribution < -0.4 is 10.6 Å². The van der Waals surface area contributed by atoms with Gasteiger partial charge in [0.1, 0.15) is 0 Å². The molecule has 0 atom stereocenters. The van der Waals surface area contributed by atoms with Gasteiger partial charge in [0.25, 0.3) is 0 Å². The highest BCUT2D eigenvalue weighted by molar-refractivity contribution is 6.00. The van der Waals surface area contributed by atoms with Crippen LogP contribution in [0.5, 0.6) is 0 Å². The van der Waals surface area contributed by atoms with Crippen LogP contribution in [0.2, 0.25) is 0 Å². The van der Waals surface area contributed by atoms with E-state index >= 15 is 0 Å². The van der Waals surface area contributed by atoms with Crippen molar-refractivity contribution < 1.29 is 4.79 Å². The number of amides is 1. The fraction of sp³-hybridized carbons (Fsp3) is 0.286. The first-order chi connectivity index (χ1) is 8.81. The van der Waals surface area contributed by atoms with Gasteiger partial charge in [-0.1, -0.05) is 25.1 Å². The summed E-state index contributed by atoms with van der Waals surface area (Å²) in [6, 6.07) is 9.63. The third kappa shape index (κ3) is 3.05. The number of aromatic nitrogens is 1. The van der Waals surface area contributed by atoms with Crippen molar-refractivity contribution in [3.8, 4) is 0 Å². The van der Waals surface area contributed by atoms with Crippen molar-refractivity contribution in [2.24, 2.45) is 0 Å². The van der Waals surface area contributed by atoms with Crippen LogP contribution in [0.3, 0.4) is 0 Å². The van der Waals surface area contributed by atoms with E-state index in [9.17, 15) is 4.79 Å². The second-order valence-electron chi connectivity index (χ2n) is 4.11. The summed E-state index contributed by atoms with van der Waals surface area (Å²) in [5.74, 6) is -0.0402. The minimum absolute atomic E-state index is 0.0402. The fourth-order valence-corrected chi connectivity index (χ4v) is 1.78. The van der Waals surface area contributed by atoms with Gasteiger partial charge in [-0.2, -0.15) is 0 Å². The molecule has 0 bridgehead atoms. The van der Waals surface area contributed by atoms with Crippen molar-refractivity contribution in [1.82, 2.24) is 10.3 Å². The molecule has 0 unspecified atom stereocenters. The highest BCUT2D eigenvalue weighted by atomic mass is 16.1. The maximum absolute atomic E-state index is 11.7. The smallest absolute Gasteiger partial charge is 0.238 e. The zero-order chi connectivity index (χ0) is 12.8. The first-order valence-corrected chi connectivity index (χ1v) is 6.15. The van der Waals surface area contributed by atoms with Crippen molar-refractivity contribution in [2.75, 3.05) is 18.4 Å². The molecule has 1 aromatic heterocycles. The largest absolute Gasteiger partial charge is 0.323 e. The van der Waals surface area contributed by atoms with Crippen LogP contribution in [-0.2, 0) is 4.79 Å². The number of pyridine rings is 1. The molecule has 2 aromatic rings. The van der Waals surface area contributed by atoms with Crippen molar-refractivity contribution in [3.63, 3.8) is 0 Å². The lowest BCUT2D eigenvalue weighted by Gasteiger charge is -2.08. The van der Waals surface area contributed by atoms with E-state index in [2.05, 4.69) is 22.5 Å². The number of fused-ring (bicyclic) bond motifs is 1. The maximum atomic E-state index is 11.7. The van der Waals surface area contributed by atoms with Gasteiger partial charge in [0, 0.05) is 11.6 Å². The minimum Gasteiger partial charge on any atom is -0.323 e. The summed E-state index contributed by atoms with van der Waals surface area (Å²) in [5.41, 5.74) is 1.58. The third-order valence-electron chi connectivity index (χ3n) is 2.62. The molecule has 1 heterocycles. The Morgan fingerprint density at radius 3 is 2.94 bits per heavy atom. The minimum atomic E-state index is -0.0402. The summed E-state index contributed by atoms with van der Waals surface area (Å²) >= 11 is 0. The highest BCUT2D eigenvalue weighted by Crippen LogP contribution is 2.20. The number of carbonyl (C=O) groups is 1. The van der Waals surface area contributed by atoms with E-state index in [1.54, 1.807) is 6.20 Å². The Bertz CT molecular complexity index is 534. The third-order valence-corrected chi connectivity index (χ3v) is 2.62. The Morgan fingerprint density at radius 2 is 2.11 bits per heavy atom. The Morgan fingerprint density at radius 1 is 1.28 bits per heavy atom. The average molecular weight is 243 g/mol. The van der Waals surface area contributed by atoms with Gasteiger partial charge >= 0.3 is 0 Å². The van der Waals surface area contributed by atoms with Crippen molar-refractivity contribution in [3.05, 3.63) is 36.5 Å². The lowest BCUT2D eigenvalue weighted by atomic mass is 10.2. The van der Waals surface area contributed by atoms with E-state index in [0.717, 1.165) is 29.6 Å². The second kappa shape index (κ2) is 6.12. The van der Waals surface area contributed by atoms with E-state index in [0.29, 0.717) is 6.54 Å². The normalized spacial score (nSPS) is 10.5. The van der Waals surface area contributed by atoms with E-state index in [-0.39, 0.29) is 5.91 Å². The predicted molar refractivity (Wildman–Crippen MR) is 73.5 cm³/mol. The molecule has 0 radical (unpaired) electrons. The van der Waals surface area contributed by atoms with Gasteiger partial charge in [-0.15, -0.1) is 0 Å². The van der Waals surface area contributed by atoms with Gasteiger partial charge in [0.05, 0.1) is 17.7 Å². The maximum Gasteiger partial charge on any atom is 0.238 e. The molecule has 0 aliphatic heterocycles. The molecule has 2 N–H and O–H groups in total. The standard InChI is InChI=1S/C14H17N3O/c1-2-8-15-10-13(18)17-12-7-3-5-11-6-4-9-16-14(11)12/h3-7,9,15H,2,8,10H2,1H3,(H,17,18). The van der Waals surface area contributed by atoms with Gasteiger partial charge in [-0.05, 0) is 25.1 Å². The molecule has 0 aliphatic carbocycles. The van der Waals surface area contributed by atoms with Crippen LogP contribution in [0, 0.1) is 0 Å². The summed E-state index contributed by atoms with van der Waals surface area (Å²) in [6.07, 6.45) is 2.75. The molecule has 1 aromatic carbocycles.